The van der Waals surface area contributed by atoms with Crippen LogP contribution in [0.15, 0.2) is 39.8 Å². The normalized spacial score (nSPS) is 38.7. The summed E-state index contributed by atoms with van der Waals surface area (Å²) in [6.45, 7) is 23.2. The van der Waals surface area contributed by atoms with Crippen LogP contribution >= 0.6 is 0 Å². The SMILES string of the molecule is Cc1nnc(-c2ccc(CNC[C@H](O)[C@@]34CC[C@]5(C)[C@H](CC[C@@H]6[C@@]7(C)CC[C@H](OC(=O)[C@H]8C[C@@H](C(=O)O)C8(C)C)C(C)(C)[C@@H]7CC[C@]65C)C3=C(C(C)C)C(=O)C4)cc2)o1. The molecule has 10 heteroatoms. The first-order valence-corrected chi connectivity index (χ1v) is 22.6. The van der Waals surface area contributed by atoms with Gasteiger partial charge in [0.1, 0.15) is 6.10 Å². The second-order valence-electron chi connectivity index (χ2n) is 22.1. The number of rotatable bonds is 10. The van der Waals surface area contributed by atoms with Gasteiger partial charge >= 0.3 is 11.9 Å². The third-order valence-corrected chi connectivity index (χ3v) is 18.6. The fraction of sp³-hybridized carbons (Fsp3) is 0.735. The van der Waals surface area contributed by atoms with Gasteiger partial charge in [-0.2, -0.15) is 0 Å². The van der Waals surface area contributed by atoms with E-state index in [1.165, 1.54) is 5.57 Å². The molecule has 2 aromatic rings. The minimum atomic E-state index is -0.832. The predicted molar refractivity (Wildman–Crippen MR) is 225 cm³/mol. The number of carbonyl (C=O) groups excluding carboxylic acids is 2. The maximum atomic E-state index is 14.2. The highest BCUT2D eigenvalue weighted by molar-refractivity contribution is 6.00. The van der Waals surface area contributed by atoms with Crippen molar-refractivity contribution in [1.82, 2.24) is 15.5 Å². The summed E-state index contributed by atoms with van der Waals surface area (Å²) < 4.78 is 12.0. The molecule has 0 radical (unpaired) electrons. The first-order valence-electron chi connectivity index (χ1n) is 22.6. The number of aromatic nitrogens is 2. The molecule has 0 saturated heterocycles. The van der Waals surface area contributed by atoms with Crippen molar-refractivity contribution in [3.8, 4) is 11.5 Å². The largest absolute Gasteiger partial charge is 0.481 e. The van der Waals surface area contributed by atoms with E-state index in [1.807, 2.05) is 38.1 Å². The molecule has 1 aromatic heterocycles. The summed E-state index contributed by atoms with van der Waals surface area (Å²) in [4.78, 5) is 39.6. The van der Waals surface area contributed by atoms with Crippen molar-refractivity contribution in [2.75, 3.05) is 6.54 Å². The highest BCUT2D eigenvalue weighted by atomic mass is 16.5. The molecule has 0 spiro atoms. The number of hydrogen-bond acceptors (Lipinski definition) is 9. The minimum absolute atomic E-state index is 0.0246. The summed E-state index contributed by atoms with van der Waals surface area (Å²) in [5, 5.41) is 33.6. The number of ether oxygens (including phenoxy) is 1. The second kappa shape index (κ2) is 14.4. The van der Waals surface area contributed by atoms with Crippen molar-refractivity contribution in [2.45, 2.75) is 152 Å². The van der Waals surface area contributed by atoms with Gasteiger partial charge in [-0.15, -0.1) is 10.2 Å². The Morgan fingerprint density at radius 1 is 0.881 bits per heavy atom. The van der Waals surface area contributed by atoms with E-state index in [4.69, 9.17) is 9.15 Å². The number of esters is 1. The average molecular weight is 812 g/mol. The fourth-order valence-electron chi connectivity index (χ4n) is 15.0. The van der Waals surface area contributed by atoms with Crippen LogP contribution in [0.1, 0.15) is 138 Å². The van der Waals surface area contributed by atoms with Gasteiger partial charge in [-0.1, -0.05) is 80.0 Å². The van der Waals surface area contributed by atoms with Crippen LogP contribution in [0.2, 0.25) is 0 Å². The zero-order chi connectivity index (χ0) is 42.7. The molecule has 322 valence electrons. The molecule has 59 heavy (non-hydrogen) atoms. The fourth-order valence-corrected chi connectivity index (χ4v) is 15.0. The lowest BCUT2D eigenvalue weighted by Gasteiger charge is -2.72. The minimum Gasteiger partial charge on any atom is -0.481 e. The van der Waals surface area contributed by atoms with Crippen LogP contribution in [0, 0.1) is 74.9 Å². The molecule has 6 aliphatic rings. The molecule has 5 saturated carbocycles. The van der Waals surface area contributed by atoms with E-state index in [9.17, 15) is 24.6 Å². The number of nitrogens with one attached hydrogen (secondary N) is 1. The molecule has 8 rings (SSSR count). The van der Waals surface area contributed by atoms with E-state index in [0.29, 0.717) is 49.5 Å². The van der Waals surface area contributed by atoms with Gasteiger partial charge in [-0.05, 0) is 126 Å². The van der Waals surface area contributed by atoms with Crippen LogP contribution in [-0.4, -0.2) is 56.9 Å². The van der Waals surface area contributed by atoms with E-state index < -0.39 is 28.8 Å². The predicted octanol–water partition coefficient (Wildman–Crippen LogP) is 9.13. The Balaban J connectivity index is 1.000. The molecular weight excluding hydrogens is 743 g/mol. The molecule has 5 fully saturated rings. The number of nitrogens with zero attached hydrogens (tertiary/aromatic N) is 2. The third kappa shape index (κ3) is 6.25. The lowest BCUT2D eigenvalue weighted by molar-refractivity contribution is -0.238. The molecule has 6 aliphatic carbocycles. The number of aliphatic carboxylic acids is 1. The van der Waals surface area contributed by atoms with Crippen LogP contribution in [0.4, 0.5) is 0 Å². The van der Waals surface area contributed by atoms with Crippen LogP contribution in [-0.2, 0) is 25.7 Å². The number of carboxylic acid groups (broad SMARTS) is 1. The van der Waals surface area contributed by atoms with Crippen LogP contribution in [0.25, 0.3) is 11.5 Å². The Kier molecular flexibility index (Phi) is 10.3. The number of Topliss-reactive ketones (excluding diaryl/α,β-unsaturated/α-hetero) is 1. The van der Waals surface area contributed by atoms with Gasteiger partial charge < -0.3 is 24.7 Å². The zero-order valence-electron chi connectivity index (χ0n) is 37.2. The quantitative estimate of drug-likeness (QED) is 0.198. The van der Waals surface area contributed by atoms with Gasteiger partial charge in [-0.3, -0.25) is 14.4 Å². The van der Waals surface area contributed by atoms with E-state index in [1.54, 1.807) is 6.92 Å². The Morgan fingerprint density at radius 3 is 2.22 bits per heavy atom. The number of allylic oxidation sites excluding steroid dienone is 1. The Hall–Kier alpha value is -3.37. The van der Waals surface area contributed by atoms with E-state index in [0.717, 1.165) is 68.1 Å². The van der Waals surface area contributed by atoms with Crippen molar-refractivity contribution in [3.63, 3.8) is 0 Å². The highest BCUT2D eigenvalue weighted by Crippen LogP contribution is 2.77. The first-order chi connectivity index (χ1) is 27.6. The molecule has 3 N–H and O–H groups in total. The van der Waals surface area contributed by atoms with Crippen molar-refractivity contribution in [1.29, 1.82) is 0 Å². The summed E-state index contributed by atoms with van der Waals surface area (Å²) >= 11 is 0. The number of aryl methyl sites for hydroxylation is 1. The van der Waals surface area contributed by atoms with E-state index in [-0.39, 0.29) is 57.3 Å². The van der Waals surface area contributed by atoms with Crippen molar-refractivity contribution >= 4 is 17.7 Å². The van der Waals surface area contributed by atoms with Crippen LogP contribution in [0.5, 0.6) is 0 Å². The number of ketones is 1. The maximum absolute atomic E-state index is 14.2. The Labute approximate surface area is 351 Å². The van der Waals surface area contributed by atoms with Gasteiger partial charge in [0.25, 0.3) is 0 Å². The number of carboxylic acids is 1. The van der Waals surface area contributed by atoms with Gasteiger partial charge in [0.05, 0.1) is 17.9 Å². The zero-order valence-corrected chi connectivity index (χ0v) is 37.2. The van der Waals surface area contributed by atoms with Gasteiger partial charge in [-0.25, -0.2) is 0 Å². The molecular formula is C49H69N3O7. The molecule has 0 bridgehead atoms. The molecule has 11 atom stereocenters. The third-order valence-electron chi connectivity index (χ3n) is 18.6. The van der Waals surface area contributed by atoms with Gasteiger partial charge in [0.2, 0.25) is 11.8 Å². The highest BCUT2D eigenvalue weighted by Gasteiger charge is 2.71. The lowest BCUT2D eigenvalue weighted by atomic mass is 9.33. The van der Waals surface area contributed by atoms with Crippen molar-refractivity contribution in [3.05, 3.63) is 46.9 Å². The topological polar surface area (TPSA) is 152 Å². The summed E-state index contributed by atoms with van der Waals surface area (Å²) in [6, 6.07) is 8.05. The molecule has 1 aromatic carbocycles. The second-order valence-corrected chi connectivity index (χ2v) is 22.1. The average Bonchev–Trinajstić information content (AvgIpc) is 3.73. The summed E-state index contributed by atoms with van der Waals surface area (Å²) in [6.07, 6.45) is 7.74. The number of aliphatic hydroxyl groups is 1. The summed E-state index contributed by atoms with van der Waals surface area (Å²) in [5.41, 5.74) is 2.94. The lowest BCUT2D eigenvalue weighted by Crippen LogP contribution is -2.66. The van der Waals surface area contributed by atoms with Crippen molar-refractivity contribution in [2.24, 2.45) is 68.0 Å². The van der Waals surface area contributed by atoms with E-state index in [2.05, 4.69) is 64.0 Å². The monoisotopic (exact) mass is 812 g/mol. The summed E-state index contributed by atoms with van der Waals surface area (Å²) in [5.74, 6) is 0.509. The van der Waals surface area contributed by atoms with Crippen molar-refractivity contribution < 1.29 is 33.8 Å². The number of benzene rings is 1. The molecule has 0 amide bonds. The first kappa shape index (κ1) is 42.3. The van der Waals surface area contributed by atoms with E-state index >= 15 is 0 Å². The molecule has 0 unspecified atom stereocenters. The number of carbonyl (C=O) groups is 3. The smallest absolute Gasteiger partial charge is 0.309 e. The number of hydrogen-bond donors (Lipinski definition) is 3. The molecule has 1 heterocycles. The standard InChI is InChI=1S/C49H69N3O7/c1-27(2)39-34(53)24-49(37(54)26-50-25-29-11-13-30(14-12-29)41-52-51-28(3)58-41)22-21-47(9)31(40(39)49)15-16-36-46(8)19-18-38(45(6,7)35(46)17-20-48(36,47)10)59-43(57)33-23-32(42(55)56)44(33,4)5/h11-14,27,31-33,35-38,50,54H,15-26H2,1-10H3,(H,55,56)/t31-,32+,33-,35+,36-,37+,38+,46+,47-,48-,49+/m1/s1. The van der Waals surface area contributed by atoms with Gasteiger partial charge in [0.15, 0.2) is 5.78 Å². The number of aliphatic hydroxyl groups excluding tert-OH is 1. The van der Waals surface area contributed by atoms with Crippen LogP contribution in [0.3, 0.4) is 0 Å². The molecule has 0 aliphatic heterocycles. The summed E-state index contributed by atoms with van der Waals surface area (Å²) in [7, 11) is 0. The van der Waals surface area contributed by atoms with Gasteiger partial charge in [0, 0.05) is 42.8 Å². The molecule has 10 nitrogen and oxygen atoms in total. The maximum Gasteiger partial charge on any atom is 0.309 e. The Bertz CT molecular complexity index is 2030. The van der Waals surface area contributed by atoms with Crippen LogP contribution < -0.4 is 5.32 Å². The number of fused-ring (bicyclic) bond motifs is 7. The Morgan fingerprint density at radius 2 is 1.59 bits per heavy atom.